The van der Waals surface area contributed by atoms with E-state index >= 15 is 0 Å². The number of nitrogen functional groups attached to an aromatic ring is 1. The summed E-state index contributed by atoms with van der Waals surface area (Å²) >= 11 is 0. The SMILES string of the molecule is Nc1nc(N2CCOCC2)c2nc(-c3cccc(NC=O)c3)cnc2n1. The van der Waals surface area contributed by atoms with Gasteiger partial charge in [-0.2, -0.15) is 9.97 Å². The Hall–Kier alpha value is -3.33. The van der Waals surface area contributed by atoms with Gasteiger partial charge in [-0.25, -0.2) is 9.97 Å². The zero-order valence-electron chi connectivity index (χ0n) is 13.9. The van der Waals surface area contributed by atoms with E-state index in [2.05, 4.69) is 25.2 Å². The summed E-state index contributed by atoms with van der Waals surface area (Å²) in [6.07, 6.45) is 2.27. The lowest BCUT2D eigenvalue weighted by molar-refractivity contribution is -0.105. The van der Waals surface area contributed by atoms with Crippen molar-refractivity contribution in [3.05, 3.63) is 30.5 Å². The summed E-state index contributed by atoms with van der Waals surface area (Å²) in [6.45, 7) is 2.66. The monoisotopic (exact) mass is 351 g/mol. The van der Waals surface area contributed by atoms with E-state index in [0.717, 1.165) is 5.56 Å². The number of hydrogen-bond donors (Lipinski definition) is 2. The fraction of sp³-hybridized carbons (Fsp3) is 0.235. The Morgan fingerprint density at radius 3 is 2.85 bits per heavy atom. The lowest BCUT2D eigenvalue weighted by atomic mass is 10.1. The van der Waals surface area contributed by atoms with E-state index in [1.807, 2.05) is 18.2 Å². The molecule has 3 N–H and O–H groups in total. The fourth-order valence-electron chi connectivity index (χ4n) is 2.88. The third-order valence-corrected chi connectivity index (χ3v) is 4.10. The van der Waals surface area contributed by atoms with Gasteiger partial charge in [-0.15, -0.1) is 0 Å². The van der Waals surface area contributed by atoms with Crippen LogP contribution in [0.15, 0.2) is 30.5 Å². The molecule has 2 aromatic heterocycles. The molecule has 0 unspecified atom stereocenters. The van der Waals surface area contributed by atoms with Gasteiger partial charge in [0.25, 0.3) is 0 Å². The van der Waals surface area contributed by atoms with Crippen molar-refractivity contribution in [2.45, 2.75) is 0 Å². The topological polar surface area (TPSA) is 119 Å². The van der Waals surface area contributed by atoms with Crippen molar-refractivity contribution in [2.24, 2.45) is 0 Å². The van der Waals surface area contributed by atoms with Gasteiger partial charge in [0.05, 0.1) is 25.1 Å². The van der Waals surface area contributed by atoms with Crippen LogP contribution >= 0.6 is 0 Å². The van der Waals surface area contributed by atoms with Crippen molar-refractivity contribution in [1.29, 1.82) is 0 Å². The largest absolute Gasteiger partial charge is 0.378 e. The van der Waals surface area contributed by atoms with E-state index in [1.54, 1.807) is 12.3 Å². The van der Waals surface area contributed by atoms with Gasteiger partial charge in [-0.05, 0) is 12.1 Å². The van der Waals surface area contributed by atoms with Gasteiger partial charge in [0.15, 0.2) is 17.0 Å². The number of anilines is 3. The van der Waals surface area contributed by atoms with E-state index in [0.29, 0.717) is 61.1 Å². The fourth-order valence-corrected chi connectivity index (χ4v) is 2.88. The minimum Gasteiger partial charge on any atom is -0.378 e. The van der Waals surface area contributed by atoms with Crippen LogP contribution in [0.5, 0.6) is 0 Å². The molecule has 1 amide bonds. The molecule has 132 valence electrons. The van der Waals surface area contributed by atoms with E-state index in [1.165, 1.54) is 0 Å². The van der Waals surface area contributed by atoms with Gasteiger partial charge in [-0.1, -0.05) is 12.1 Å². The molecule has 1 aliphatic rings. The van der Waals surface area contributed by atoms with Crippen LogP contribution < -0.4 is 16.0 Å². The molecule has 3 aromatic rings. The molecule has 26 heavy (non-hydrogen) atoms. The van der Waals surface area contributed by atoms with Gasteiger partial charge in [0.2, 0.25) is 12.4 Å². The van der Waals surface area contributed by atoms with Crippen LogP contribution in [0.2, 0.25) is 0 Å². The van der Waals surface area contributed by atoms with Crippen molar-refractivity contribution >= 4 is 35.0 Å². The number of nitrogens with zero attached hydrogens (tertiary/aromatic N) is 5. The highest BCUT2D eigenvalue weighted by atomic mass is 16.5. The molecule has 1 aromatic carbocycles. The first kappa shape index (κ1) is 16.2. The Balaban J connectivity index is 1.82. The molecule has 1 saturated heterocycles. The number of benzene rings is 1. The molecular weight excluding hydrogens is 334 g/mol. The Labute approximate surface area is 149 Å². The second-order valence-corrected chi connectivity index (χ2v) is 5.78. The number of fused-ring (bicyclic) bond motifs is 1. The van der Waals surface area contributed by atoms with Crippen molar-refractivity contribution in [3.8, 4) is 11.3 Å². The highest BCUT2D eigenvalue weighted by molar-refractivity contribution is 5.86. The van der Waals surface area contributed by atoms with Gasteiger partial charge in [0.1, 0.15) is 0 Å². The van der Waals surface area contributed by atoms with Gasteiger partial charge >= 0.3 is 0 Å². The summed E-state index contributed by atoms with van der Waals surface area (Å²) in [7, 11) is 0. The van der Waals surface area contributed by atoms with Crippen LogP contribution in [0, 0.1) is 0 Å². The number of hydrogen-bond acceptors (Lipinski definition) is 8. The second-order valence-electron chi connectivity index (χ2n) is 5.78. The number of ether oxygens (including phenoxy) is 1. The number of carbonyl (C=O) groups is 1. The molecule has 9 nitrogen and oxygen atoms in total. The molecule has 0 aliphatic carbocycles. The Kier molecular flexibility index (Phi) is 4.28. The summed E-state index contributed by atoms with van der Waals surface area (Å²) in [5.41, 5.74) is 9.06. The Morgan fingerprint density at radius 1 is 1.19 bits per heavy atom. The van der Waals surface area contributed by atoms with Gasteiger partial charge in [0, 0.05) is 24.3 Å². The molecule has 9 heteroatoms. The Bertz CT molecular complexity index is 957. The molecule has 0 radical (unpaired) electrons. The molecule has 0 spiro atoms. The number of amides is 1. The molecule has 1 aliphatic heterocycles. The summed E-state index contributed by atoms with van der Waals surface area (Å²) in [5.74, 6) is 0.825. The molecule has 0 bridgehead atoms. The molecule has 3 heterocycles. The quantitative estimate of drug-likeness (QED) is 0.670. The lowest BCUT2D eigenvalue weighted by Gasteiger charge is -2.28. The van der Waals surface area contributed by atoms with Crippen LogP contribution in [0.1, 0.15) is 0 Å². The average Bonchev–Trinajstić information content (AvgIpc) is 2.68. The van der Waals surface area contributed by atoms with E-state index < -0.39 is 0 Å². The average molecular weight is 351 g/mol. The number of carbonyl (C=O) groups excluding carboxylic acids is 1. The zero-order valence-corrected chi connectivity index (χ0v) is 13.9. The minimum atomic E-state index is 0.165. The normalized spacial score (nSPS) is 14.4. The van der Waals surface area contributed by atoms with Crippen LogP contribution in [-0.2, 0) is 9.53 Å². The van der Waals surface area contributed by atoms with Crippen molar-refractivity contribution in [3.63, 3.8) is 0 Å². The summed E-state index contributed by atoms with van der Waals surface area (Å²) < 4.78 is 5.40. The number of rotatable bonds is 4. The molecule has 4 rings (SSSR count). The van der Waals surface area contributed by atoms with Crippen LogP contribution in [0.25, 0.3) is 22.4 Å². The predicted molar refractivity (Wildman–Crippen MR) is 97.7 cm³/mol. The minimum absolute atomic E-state index is 0.165. The van der Waals surface area contributed by atoms with E-state index in [-0.39, 0.29) is 5.95 Å². The molecule has 0 atom stereocenters. The smallest absolute Gasteiger partial charge is 0.224 e. The summed E-state index contributed by atoms with van der Waals surface area (Å²) in [6, 6.07) is 7.37. The lowest BCUT2D eigenvalue weighted by Crippen LogP contribution is -2.37. The number of nitrogens with two attached hydrogens (primary N) is 1. The van der Waals surface area contributed by atoms with Crippen molar-refractivity contribution in [2.75, 3.05) is 42.3 Å². The number of morpholine rings is 1. The first-order valence-electron chi connectivity index (χ1n) is 8.18. The first-order valence-corrected chi connectivity index (χ1v) is 8.18. The molecule has 0 saturated carbocycles. The van der Waals surface area contributed by atoms with Gasteiger partial charge < -0.3 is 20.7 Å². The third kappa shape index (κ3) is 3.11. The van der Waals surface area contributed by atoms with Crippen molar-refractivity contribution < 1.29 is 9.53 Å². The highest BCUT2D eigenvalue weighted by Crippen LogP contribution is 2.26. The first-order chi connectivity index (χ1) is 12.7. The third-order valence-electron chi connectivity index (χ3n) is 4.10. The van der Waals surface area contributed by atoms with Gasteiger partial charge in [-0.3, -0.25) is 4.79 Å². The maximum atomic E-state index is 10.7. The molecular formula is C17H17N7O2. The number of aromatic nitrogens is 4. The maximum Gasteiger partial charge on any atom is 0.224 e. The Morgan fingerprint density at radius 2 is 2.04 bits per heavy atom. The standard InChI is InChI=1S/C17H17N7O2/c18-17-22-15-14(16(23-17)24-4-6-26-7-5-24)21-13(9-19-15)11-2-1-3-12(8-11)20-10-25/h1-3,8-10H,4-7H2,(H,20,25)(H2,18,19,22,23). The van der Waals surface area contributed by atoms with Crippen LogP contribution in [0.3, 0.4) is 0 Å². The predicted octanol–water partition coefficient (Wildman–Crippen LogP) is 1.07. The van der Waals surface area contributed by atoms with Crippen LogP contribution in [0.4, 0.5) is 17.5 Å². The summed E-state index contributed by atoms with van der Waals surface area (Å²) in [5, 5.41) is 2.63. The summed E-state index contributed by atoms with van der Waals surface area (Å²) in [4.78, 5) is 30.4. The second kappa shape index (κ2) is 6.89. The van der Waals surface area contributed by atoms with E-state index in [9.17, 15) is 4.79 Å². The van der Waals surface area contributed by atoms with Crippen molar-refractivity contribution in [1.82, 2.24) is 19.9 Å². The highest BCUT2D eigenvalue weighted by Gasteiger charge is 2.19. The van der Waals surface area contributed by atoms with Crippen LogP contribution in [-0.4, -0.2) is 52.6 Å². The molecule has 1 fully saturated rings. The zero-order chi connectivity index (χ0) is 17.9. The van der Waals surface area contributed by atoms with E-state index in [4.69, 9.17) is 15.5 Å². The maximum absolute atomic E-state index is 10.7. The number of nitrogens with one attached hydrogen (secondary N) is 1.